The number of para-hydroxylation sites is 2. The predicted octanol–water partition coefficient (Wildman–Crippen LogP) is 0.708. The Hall–Kier alpha value is -3.52. The van der Waals surface area contributed by atoms with E-state index in [4.69, 9.17) is 17.2 Å². The van der Waals surface area contributed by atoms with E-state index in [1.165, 1.54) is 6.07 Å². The van der Waals surface area contributed by atoms with Gasteiger partial charge in [0.15, 0.2) is 11.6 Å². The minimum atomic E-state index is -1.19. The topological polar surface area (TPSA) is 158 Å². The second-order valence-electron chi connectivity index (χ2n) is 6.29. The molecule has 0 saturated carbocycles. The summed E-state index contributed by atoms with van der Waals surface area (Å²) in [5.41, 5.74) is 18.4. The molecule has 0 saturated heterocycles. The molecule has 2 unspecified atom stereocenters. The second-order valence-corrected chi connectivity index (χ2v) is 6.29. The van der Waals surface area contributed by atoms with Crippen molar-refractivity contribution in [3.63, 3.8) is 0 Å². The van der Waals surface area contributed by atoms with E-state index in [1.54, 1.807) is 42.5 Å². The van der Waals surface area contributed by atoms with Crippen LogP contribution in [0.15, 0.2) is 48.5 Å². The standard InChI is InChI=1S/C20H22N4O4/c21-15-7-3-1-5-13(15)18(26)9-12(11-25)24-20(28)17(23)10-19(27)14-6-2-4-8-16(14)22/h1-8,11-12,17H,9-10,21-23H2,(H,24,28). The molecule has 2 atom stereocenters. The smallest absolute Gasteiger partial charge is 0.237 e. The Kier molecular flexibility index (Phi) is 7.00. The molecule has 2 aromatic carbocycles. The highest BCUT2D eigenvalue weighted by molar-refractivity contribution is 6.04. The number of rotatable bonds is 9. The first-order valence-corrected chi connectivity index (χ1v) is 8.60. The van der Waals surface area contributed by atoms with Gasteiger partial charge in [0.05, 0.1) is 12.1 Å². The first kappa shape index (κ1) is 20.8. The van der Waals surface area contributed by atoms with Crippen molar-refractivity contribution in [2.24, 2.45) is 5.73 Å². The van der Waals surface area contributed by atoms with Crippen LogP contribution in [0.1, 0.15) is 33.6 Å². The van der Waals surface area contributed by atoms with Gasteiger partial charge in [0.25, 0.3) is 0 Å². The van der Waals surface area contributed by atoms with Gasteiger partial charge in [-0.3, -0.25) is 14.4 Å². The lowest BCUT2D eigenvalue weighted by Crippen LogP contribution is -2.47. The summed E-state index contributed by atoms with van der Waals surface area (Å²) in [7, 11) is 0. The number of carbonyl (C=O) groups excluding carboxylic acids is 4. The fourth-order valence-corrected chi connectivity index (χ4v) is 2.64. The van der Waals surface area contributed by atoms with E-state index in [2.05, 4.69) is 5.32 Å². The Morgan fingerprint density at radius 3 is 1.79 bits per heavy atom. The Bertz CT molecular complexity index is 897. The van der Waals surface area contributed by atoms with Crippen LogP contribution < -0.4 is 22.5 Å². The third-order valence-corrected chi connectivity index (χ3v) is 4.16. The summed E-state index contributed by atoms with van der Waals surface area (Å²) in [4.78, 5) is 48.1. The summed E-state index contributed by atoms with van der Waals surface area (Å²) in [6.45, 7) is 0. The second kappa shape index (κ2) is 9.43. The molecule has 146 valence electrons. The summed E-state index contributed by atoms with van der Waals surface area (Å²) >= 11 is 0. The fraction of sp³-hybridized carbons (Fsp3) is 0.200. The fourth-order valence-electron chi connectivity index (χ4n) is 2.64. The molecule has 2 aromatic rings. The monoisotopic (exact) mass is 382 g/mol. The van der Waals surface area contributed by atoms with Crippen molar-refractivity contribution in [3.05, 3.63) is 59.7 Å². The molecule has 0 fully saturated rings. The van der Waals surface area contributed by atoms with E-state index >= 15 is 0 Å². The van der Waals surface area contributed by atoms with Crippen LogP contribution in [0.25, 0.3) is 0 Å². The zero-order valence-corrected chi connectivity index (χ0v) is 15.1. The van der Waals surface area contributed by atoms with Gasteiger partial charge >= 0.3 is 0 Å². The molecular weight excluding hydrogens is 360 g/mol. The molecule has 0 aliphatic carbocycles. The van der Waals surface area contributed by atoms with Crippen molar-refractivity contribution >= 4 is 35.1 Å². The van der Waals surface area contributed by atoms with Crippen molar-refractivity contribution in [2.75, 3.05) is 11.5 Å². The van der Waals surface area contributed by atoms with Crippen molar-refractivity contribution in [2.45, 2.75) is 24.9 Å². The molecule has 8 nitrogen and oxygen atoms in total. The van der Waals surface area contributed by atoms with E-state index in [0.717, 1.165) is 0 Å². The van der Waals surface area contributed by atoms with Gasteiger partial charge in [0.2, 0.25) is 5.91 Å². The predicted molar refractivity (Wildman–Crippen MR) is 106 cm³/mol. The normalized spacial score (nSPS) is 12.6. The number of anilines is 2. The minimum absolute atomic E-state index is 0.266. The van der Waals surface area contributed by atoms with Crippen LogP contribution in [0.2, 0.25) is 0 Å². The van der Waals surface area contributed by atoms with Crippen LogP contribution in [0.5, 0.6) is 0 Å². The molecule has 1 amide bonds. The number of Topliss-reactive ketones (excluding diaryl/α,β-unsaturated/α-hetero) is 2. The number of nitrogens with two attached hydrogens (primary N) is 3. The van der Waals surface area contributed by atoms with Crippen molar-refractivity contribution in [1.82, 2.24) is 5.32 Å². The SMILES string of the molecule is Nc1ccccc1C(=O)CC(C=O)NC(=O)C(N)CC(=O)c1ccccc1N. The number of aldehydes is 1. The number of carbonyl (C=O) groups is 4. The zero-order chi connectivity index (χ0) is 20.7. The first-order valence-electron chi connectivity index (χ1n) is 8.60. The van der Waals surface area contributed by atoms with Crippen LogP contribution in [0.4, 0.5) is 11.4 Å². The van der Waals surface area contributed by atoms with Gasteiger partial charge in [-0.25, -0.2) is 0 Å². The Morgan fingerprint density at radius 2 is 1.32 bits per heavy atom. The molecule has 28 heavy (non-hydrogen) atoms. The highest BCUT2D eigenvalue weighted by Gasteiger charge is 2.24. The third kappa shape index (κ3) is 5.24. The summed E-state index contributed by atoms with van der Waals surface area (Å²) in [5, 5.41) is 2.38. The van der Waals surface area contributed by atoms with Crippen molar-refractivity contribution in [3.8, 4) is 0 Å². The lowest BCUT2D eigenvalue weighted by molar-refractivity contribution is -0.125. The molecule has 0 aliphatic rings. The summed E-state index contributed by atoms with van der Waals surface area (Å²) in [6.07, 6.45) is -0.111. The van der Waals surface area contributed by atoms with Crippen LogP contribution >= 0.6 is 0 Å². The largest absolute Gasteiger partial charge is 0.398 e. The van der Waals surface area contributed by atoms with E-state index in [-0.39, 0.29) is 35.3 Å². The van der Waals surface area contributed by atoms with Gasteiger partial charge in [-0.15, -0.1) is 0 Å². The van der Waals surface area contributed by atoms with Crippen LogP contribution in [0.3, 0.4) is 0 Å². The lowest BCUT2D eigenvalue weighted by Gasteiger charge is -2.16. The molecule has 0 aliphatic heterocycles. The Balaban J connectivity index is 1.96. The molecule has 2 rings (SSSR count). The Morgan fingerprint density at radius 1 is 0.857 bits per heavy atom. The van der Waals surface area contributed by atoms with Gasteiger partial charge in [0, 0.05) is 35.3 Å². The molecule has 8 heteroatoms. The van der Waals surface area contributed by atoms with Crippen LogP contribution in [0, 0.1) is 0 Å². The maximum Gasteiger partial charge on any atom is 0.237 e. The highest BCUT2D eigenvalue weighted by atomic mass is 16.2. The summed E-state index contributed by atoms with van der Waals surface area (Å²) in [6, 6.07) is 10.6. The van der Waals surface area contributed by atoms with Gasteiger partial charge in [-0.2, -0.15) is 0 Å². The van der Waals surface area contributed by atoms with Crippen molar-refractivity contribution in [1.29, 1.82) is 0 Å². The number of hydrogen-bond donors (Lipinski definition) is 4. The first-order chi connectivity index (χ1) is 13.3. The van der Waals surface area contributed by atoms with Gasteiger partial charge in [-0.05, 0) is 24.3 Å². The van der Waals surface area contributed by atoms with Gasteiger partial charge < -0.3 is 27.3 Å². The molecule has 0 radical (unpaired) electrons. The summed E-state index contributed by atoms with van der Waals surface area (Å²) in [5.74, 6) is -1.50. The number of ketones is 2. The number of hydrogen-bond acceptors (Lipinski definition) is 7. The minimum Gasteiger partial charge on any atom is -0.398 e. The Labute approximate surface area is 162 Å². The number of nitrogen functional groups attached to an aromatic ring is 2. The number of amides is 1. The lowest BCUT2D eigenvalue weighted by atomic mass is 10.0. The molecule has 0 aromatic heterocycles. The quantitative estimate of drug-likeness (QED) is 0.282. The van der Waals surface area contributed by atoms with E-state index in [9.17, 15) is 19.2 Å². The molecule has 0 bridgehead atoms. The molecule has 7 N–H and O–H groups in total. The highest BCUT2D eigenvalue weighted by Crippen LogP contribution is 2.15. The third-order valence-electron chi connectivity index (χ3n) is 4.16. The maximum absolute atomic E-state index is 12.3. The van der Waals surface area contributed by atoms with Gasteiger partial charge in [-0.1, -0.05) is 24.3 Å². The average molecular weight is 382 g/mol. The number of nitrogens with one attached hydrogen (secondary N) is 1. The van der Waals surface area contributed by atoms with Crippen LogP contribution in [-0.4, -0.2) is 35.8 Å². The molecular formula is C20H22N4O4. The zero-order valence-electron chi connectivity index (χ0n) is 15.1. The van der Waals surface area contributed by atoms with E-state index < -0.39 is 29.6 Å². The number of benzene rings is 2. The summed E-state index contributed by atoms with van der Waals surface area (Å²) < 4.78 is 0. The molecule has 0 spiro atoms. The van der Waals surface area contributed by atoms with Crippen molar-refractivity contribution < 1.29 is 19.2 Å². The maximum atomic E-state index is 12.3. The molecule has 0 heterocycles. The van der Waals surface area contributed by atoms with E-state index in [1.807, 2.05) is 0 Å². The van der Waals surface area contributed by atoms with Crippen LogP contribution in [-0.2, 0) is 9.59 Å². The van der Waals surface area contributed by atoms with E-state index in [0.29, 0.717) is 6.29 Å². The average Bonchev–Trinajstić information content (AvgIpc) is 2.67. The van der Waals surface area contributed by atoms with Gasteiger partial charge in [0.1, 0.15) is 6.29 Å².